The molecule has 5 heteroatoms. The van der Waals surface area contributed by atoms with E-state index < -0.39 is 0 Å². The van der Waals surface area contributed by atoms with Crippen molar-refractivity contribution < 1.29 is 4.42 Å². The summed E-state index contributed by atoms with van der Waals surface area (Å²) in [6, 6.07) is 3.93. The number of thioether (sulfide) groups is 1. The zero-order valence-corrected chi connectivity index (χ0v) is 8.49. The van der Waals surface area contributed by atoms with Crippen LogP contribution in [0.1, 0.15) is 11.5 Å². The molecule has 0 N–H and O–H groups in total. The molecule has 0 aliphatic carbocycles. The minimum atomic E-state index is 0.596. The van der Waals surface area contributed by atoms with E-state index in [1.165, 1.54) is 11.8 Å². The Morgan fingerprint density at radius 1 is 1.43 bits per heavy atom. The fourth-order valence-corrected chi connectivity index (χ4v) is 1.70. The zero-order chi connectivity index (χ0) is 9.80. The second-order valence-corrected chi connectivity index (χ2v) is 3.66. The highest BCUT2D eigenvalue weighted by Gasteiger charge is 2.02. The van der Waals surface area contributed by atoms with Crippen LogP contribution in [0.15, 0.2) is 34.2 Å². The van der Waals surface area contributed by atoms with Crippen LogP contribution in [-0.2, 0) is 5.75 Å². The molecule has 2 heterocycles. The molecule has 0 unspecified atom stereocenters. The molecule has 0 amide bonds. The molecule has 0 radical (unpaired) electrons. The van der Waals surface area contributed by atoms with Gasteiger partial charge in [-0.05, 0) is 11.6 Å². The van der Waals surface area contributed by atoms with Crippen LogP contribution in [0.4, 0.5) is 0 Å². The van der Waals surface area contributed by atoms with Crippen LogP contribution < -0.4 is 0 Å². The van der Waals surface area contributed by atoms with Crippen molar-refractivity contribution in [3.63, 3.8) is 0 Å². The summed E-state index contributed by atoms with van der Waals surface area (Å²) >= 11 is 1.51. The van der Waals surface area contributed by atoms with E-state index >= 15 is 0 Å². The van der Waals surface area contributed by atoms with Crippen molar-refractivity contribution in [3.8, 4) is 0 Å². The fourth-order valence-electron chi connectivity index (χ4n) is 0.965. The van der Waals surface area contributed by atoms with Gasteiger partial charge in [0.1, 0.15) is 0 Å². The van der Waals surface area contributed by atoms with Gasteiger partial charge in [0.25, 0.3) is 5.22 Å². The molecule has 0 atom stereocenters. The maximum atomic E-state index is 5.23. The van der Waals surface area contributed by atoms with Gasteiger partial charge in [0.15, 0.2) is 0 Å². The summed E-state index contributed by atoms with van der Waals surface area (Å²) in [5.74, 6) is 1.40. The minimum absolute atomic E-state index is 0.596. The summed E-state index contributed by atoms with van der Waals surface area (Å²) in [5.41, 5.74) is 1.15. The Labute approximate surface area is 85.8 Å². The van der Waals surface area contributed by atoms with Crippen molar-refractivity contribution in [2.24, 2.45) is 0 Å². The molecule has 2 aromatic heterocycles. The number of nitrogens with zero attached hydrogens (tertiary/aromatic N) is 3. The van der Waals surface area contributed by atoms with E-state index in [0.29, 0.717) is 11.1 Å². The maximum absolute atomic E-state index is 5.23. The van der Waals surface area contributed by atoms with E-state index in [1.54, 1.807) is 13.1 Å². The minimum Gasteiger partial charge on any atom is -0.416 e. The molecule has 0 spiro atoms. The Balaban J connectivity index is 1.95. The van der Waals surface area contributed by atoms with Crippen LogP contribution in [0.2, 0.25) is 0 Å². The summed E-state index contributed by atoms with van der Waals surface area (Å²) in [7, 11) is 0. The van der Waals surface area contributed by atoms with Crippen molar-refractivity contribution in [2.45, 2.75) is 17.9 Å². The fraction of sp³-hybridized carbons (Fsp3) is 0.222. The average Bonchev–Trinajstić information content (AvgIpc) is 2.63. The first-order valence-electron chi connectivity index (χ1n) is 4.16. The van der Waals surface area contributed by atoms with Gasteiger partial charge in [-0.2, -0.15) is 0 Å². The van der Waals surface area contributed by atoms with Crippen molar-refractivity contribution in [1.82, 2.24) is 15.2 Å². The standard InChI is InChI=1S/C9H9N3OS/c1-7-11-12-9(13-7)14-6-8-3-2-4-10-5-8/h2-5H,6H2,1H3. The predicted octanol–water partition coefficient (Wildman–Crippen LogP) is 2.07. The first-order chi connectivity index (χ1) is 6.84. The van der Waals surface area contributed by atoms with Gasteiger partial charge in [0.2, 0.25) is 5.89 Å². The molecular weight excluding hydrogens is 198 g/mol. The lowest BCUT2D eigenvalue weighted by atomic mass is 10.3. The molecule has 0 bridgehead atoms. The molecule has 2 rings (SSSR count). The topological polar surface area (TPSA) is 51.8 Å². The smallest absolute Gasteiger partial charge is 0.276 e. The molecule has 0 aliphatic rings. The molecule has 4 nitrogen and oxygen atoms in total. The molecule has 0 aromatic carbocycles. The number of rotatable bonds is 3. The SMILES string of the molecule is Cc1nnc(SCc2cccnc2)o1. The van der Waals surface area contributed by atoms with Gasteiger partial charge in [-0.1, -0.05) is 17.8 Å². The van der Waals surface area contributed by atoms with E-state index in [9.17, 15) is 0 Å². The van der Waals surface area contributed by atoms with Gasteiger partial charge in [-0.3, -0.25) is 4.98 Å². The van der Waals surface area contributed by atoms with Gasteiger partial charge in [-0.25, -0.2) is 0 Å². The average molecular weight is 207 g/mol. The van der Waals surface area contributed by atoms with Crippen LogP contribution in [0.3, 0.4) is 0 Å². The Morgan fingerprint density at radius 3 is 3.00 bits per heavy atom. The highest BCUT2D eigenvalue weighted by molar-refractivity contribution is 7.98. The summed E-state index contributed by atoms with van der Waals surface area (Å²) in [5, 5.41) is 8.24. The Bertz CT molecular complexity index is 401. The molecule has 0 fully saturated rings. The van der Waals surface area contributed by atoms with Crippen LogP contribution >= 0.6 is 11.8 Å². The summed E-state index contributed by atoms with van der Waals surface area (Å²) in [6.07, 6.45) is 3.58. The molecule has 0 saturated carbocycles. The highest BCUT2D eigenvalue weighted by atomic mass is 32.2. The Hall–Kier alpha value is -1.36. The number of hydrogen-bond acceptors (Lipinski definition) is 5. The van der Waals surface area contributed by atoms with Crippen LogP contribution in [0.25, 0.3) is 0 Å². The lowest BCUT2D eigenvalue weighted by molar-refractivity contribution is 0.429. The van der Waals surface area contributed by atoms with Crippen molar-refractivity contribution in [3.05, 3.63) is 36.0 Å². The van der Waals surface area contributed by atoms with Crippen molar-refractivity contribution in [1.29, 1.82) is 0 Å². The number of aromatic nitrogens is 3. The monoisotopic (exact) mass is 207 g/mol. The predicted molar refractivity (Wildman–Crippen MR) is 52.8 cm³/mol. The lowest BCUT2D eigenvalue weighted by Crippen LogP contribution is -1.81. The highest BCUT2D eigenvalue weighted by Crippen LogP contribution is 2.20. The van der Waals surface area contributed by atoms with Crippen LogP contribution in [-0.4, -0.2) is 15.2 Å². The first-order valence-corrected chi connectivity index (χ1v) is 5.15. The normalized spacial score (nSPS) is 10.4. The third-order valence-corrected chi connectivity index (χ3v) is 2.48. The first kappa shape index (κ1) is 9.21. The quantitative estimate of drug-likeness (QED) is 0.721. The van der Waals surface area contributed by atoms with E-state index in [2.05, 4.69) is 15.2 Å². The third kappa shape index (κ3) is 2.32. The second kappa shape index (κ2) is 4.23. The molecule has 2 aromatic rings. The molecule has 14 heavy (non-hydrogen) atoms. The van der Waals surface area contributed by atoms with Crippen molar-refractivity contribution >= 4 is 11.8 Å². The molecule has 0 saturated heterocycles. The maximum Gasteiger partial charge on any atom is 0.276 e. The number of aryl methyl sites for hydroxylation is 1. The number of pyridine rings is 1. The van der Waals surface area contributed by atoms with Crippen LogP contribution in [0.5, 0.6) is 0 Å². The molecule has 0 aliphatic heterocycles. The Morgan fingerprint density at radius 2 is 2.36 bits per heavy atom. The molecular formula is C9H9N3OS. The van der Waals surface area contributed by atoms with E-state index in [4.69, 9.17) is 4.42 Å². The van der Waals surface area contributed by atoms with E-state index in [-0.39, 0.29) is 0 Å². The van der Waals surface area contributed by atoms with Crippen molar-refractivity contribution in [2.75, 3.05) is 0 Å². The number of hydrogen-bond donors (Lipinski definition) is 0. The largest absolute Gasteiger partial charge is 0.416 e. The van der Waals surface area contributed by atoms with E-state index in [0.717, 1.165) is 11.3 Å². The summed E-state index contributed by atoms with van der Waals surface area (Å²) in [4.78, 5) is 4.02. The van der Waals surface area contributed by atoms with Gasteiger partial charge in [0, 0.05) is 25.1 Å². The second-order valence-electron chi connectivity index (χ2n) is 2.74. The molecule has 72 valence electrons. The van der Waals surface area contributed by atoms with Gasteiger partial charge >= 0.3 is 0 Å². The Kier molecular flexibility index (Phi) is 2.78. The van der Waals surface area contributed by atoms with Gasteiger partial charge in [0.05, 0.1) is 0 Å². The van der Waals surface area contributed by atoms with Gasteiger partial charge in [-0.15, -0.1) is 10.2 Å². The summed E-state index contributed by atoms with van der Waals surface area (Å²) < 4.78 is 5.23. The summed E-state index contributed by atoms with van der Waals surface area (Å²) in [6.45, 7) is 1.78. The lowest BCUT2D eigenvalue weighted by Gasteiger charge is -1.95. The van der Waals surface area contributed by atoms with Crippen LogP contribution in [0, 0.1) is 6.92 Å². The van der Waals surface area contributed by atoms with Gasteiger partial charge < -0.3 is 4.42 Å². The third-order valence-electron chi connectivity index (χ3n) is 1.59. The zero-order valence-electron chi connectivity index (χ0n) is 7.67. The van der Waals surface area contributed by atoms with E-state index in [1.807, 2.05) is 18.3 Å².